The fourth-order valence-corrected chi connectivity index (χ4v) is 2.70. The number of likely N-dealkylation sites (tertiary alicyclic amines) is 1. The number of carbonyl (C=O) groups excluding carboxylic acids is 1. The second kappa shape index (κ2) is 13.0. The Balaban J connectivity index is 0.00000441. The van der Waals surface area contributed by atoms with Crippen molar-refractivity contribution >= 4 is 35.9 Å². The molecule has 0 saturated carbocycles. The van der Waals surface area contributed by atoms with Crippen LogP contribution in [-0.4, -0.2) is 43.6 Å². The fraction of sp³-hybridized carbons (Fsp3) is 0.875. The van der Waals surface area contributed by atoms with Gasteiger partial charge in [0.15, 0.2) is 5.96 Å². The first kappa shape index (κ1) is 21.5. The summed E-state index contributed by atoms with van der Waals surface area (Å²) in [5.41, 5.74) is 6.05. The van der Waals surface area contributed by atoms with Gasteiger partial charge in [-0.1, -0.05) is 26.2 Å². The van der Waals surface area contributed by atoms with Crippen LogP contribution in [0.1, 0.15) is 58.3 Å². The predicted molar refractivity (Wildman–Crippen MR) is 102 cm³/mol. The molecule has 1 unspecified atom stereocenters. The molecule has 1 aliphatic heterocycles. The maximum atomic E-state index is 10.9. The number of piperidine rings is 1. The molecule has 130 valence electrons. The second-order valence-corrected chi connectivity index (χ2v) is 6.03. The number of nitrogens with zero attached hydrogens (tertiary/aromatic N) is 2. The number of rotatable bonds is 8. The van der Waals surface area contributed by atoms with E-state index >= 15 is 0 Å². The van der Waals surface area contributed by atoms with Crippen LogP contribution in [0.2, 0.25) is 0 Å². The van der Waals surface area contributed by atoms with Crippen molar-refractivity contribution in [2.45, 2.75) is 58.3 Å². The van der Waals surface area contributed by atoms with Gasteiger partial charge in [-0.05, 0) is 31.6 Å². The number of hydrogen-bond acceptors (Lipinski definition) is 3. The van der Waals surface area contributed by atoms with Crippen molar-refractivity contribution in [1.29, 1.82) is 0 Å². The molecule has 1 fully saturated rings. The molecule has 0 aromatic heterocycles. The van der Waals surface area contributed by atoms with Crippen molar-refractivity contribution in [3.63, 3.8) is 0 Å². The van der Waals surface area contributed by atoms with Crippen LogP contribution in [0, 0.1) is 5.92 Å². The number of halogens is 1. The van der Waals surface area contributed by atoms with E-state index in [1.807, 2.05) is 0 Å². The summed E-state index contributed by atoms with van der Waals surface area (Å²) in [7, 11) is 1.44. The van der Waals surface area contributed by atoms with Crippen LogP contribution in [0.5, 0.6) is 0 Å². The van der Waals surface area contributed by atoms with Gasteiger partial charge < -0.3 is 15.4 Å². The maximum Gasteiger partial charge on any atom is 0.305 e. The van der Waals surface area contributed by atoms with Crippen molar-refractivity contribution in [2.24, 2.45) is 16.6 Å². The minimum absolute atomic E-state index is 0. The summed E-state index contributed by atoms with van der Waals surface area (Å²) in [4.78, 5) is 17.6. The monoisotopic (exact) mass is 425 g/mol. The van der Waals surface area contributed by atoms with Crippen LogP contribution in [0.25, 0.3) is 0 Å². The Bertz CT molecular complexity index is 337. The van der Waals surface area contributed by atoms with Gasteiger partial charge in [0, 0.05) is 26.1 Å². The third-order valence-corrected chi connectivity index (χ3v) is 4.02. The highest BCUT2D eigenvalue weighted by atomic mass is 127. The Hall–Kier alpha value is -0.530. The Labute approximate surface area is 152 Å². The first-order chi connectivity index (χ1) is 10.1. The van der Waals surface area contributed by atoms with Crippen molar-refractivity contribution in [2.75, 3.05) is 26.7 Å². The summed E-state index contributed by atoms with van der Waals surface area (Å²) < 4.78 is 4.61. The molecule has 2 N–H and O–H groups in total. The highest BCUT2D eigenvalue weighted by Crippen LogP contribution is 2.15. The van der Waals surface area contributed by atoms with Gasteiger partial charge in [0.05, 0.1) is 7.11 Å². The van der Waals surface area contributed by atoms with Crippen LogP contribution >= 0.6 is 24.0 Å². The smallest absolute Gasteiger partial charge is 0.305 e. The lowest BCUT2D eigenvalue weighted by Crippen LogP contribution is -2.43. The zero-order valence-corrected chi connectivity index (χ0v) is 16.4. The van der Waals surface area contributed by atoms with Gasteiger partial charge >= 0.3 is 5.97 Å². The summed E-state index contributed by atoms with van der Waals surface area (Å²) >= 11 is 0. The van der Waals surface area contributed by atoms with Crippen LogP contribution < -0.4 is 5.73 Å². The number of esters is 1. The van der Waals surface area contributed by atoms with Gasteiger partial charge in [-0.15, -0.1) is 24.0 Å². The normalized spacial score (nSPS) is 18.7. The molecule has 1 aliphatic rings. The second-order valence-electron chi connectivity index (χ2n) is 6.03. The lowest BCUT2D eigenvalue weighted by molar-refractivity contribution is -0.140. The first-order valence-corrected chi connectivity index (χ1v) is 8.25. The zero-order chi connectivity index (χ0) is 15.5. The Morgan fingerprint density at radius 1 is 1.27 bits per heavy atom. The maximum absolute atomic E-state index is 10.9. The van der Waals surface area contributed by atoms with Gasteiger partial charge in [0.1, 0.15) is 0 Å². The first-order valence-electron chi connectivity index (χ1n) is 8.25. The van der Waals surface area contributed by atoms with Crippen LogP contribution in [-0.2, 0) is 9.53 Å². The summed E-state index contributed by atoms with van der Waals surface area (Å²) in [5, 5.41) is 0. The molecule has 1 rings (SSSR count). The molecule has 0 aliphatic carbocycles. The highest BCUT2D eigenvalue weighted by molar-refractivity contribution is 14.0. The highest BCUT2D eigenvalue weighted by Gasteiger charge is 2.17. The third kappa shape index (κ3) is 9.48. The number of nitrogens with two attached hydrogens (primary N) is 1. The summed E-state index contributed by atoms with van der Waals surface area (Å²) in [6.07, 6.45) is 8.42. The minimum Gasteiger partial charge on any atom is -0.469 e. The third-order valence-electron chi connectivity index (χ3n) is 4.02. The predicted octanol–water partition coefficient (Wildman–Crippen LogP) is 3.16. The van der Waals surface area contributed by atoms with Gasteiger partial charge in [0.25, 0.3) is 0 Å². The quantitative estimate of drug-likeness (QED) is 0.213. The number of methoxy groups -OCH3 is 1. The van der Waals surface area contributed by atoms with E-state index in [4.69, 9.17) is 5.73 Å². The molecule has 0 amide bonds. The number of ether oxygens (including phenoxy) is 1. The van der Waals surface area contributed by atoms with Crippen molar-refractivity contribution in [1.82, 2.24) is 4.90 Å². The van der Waals surface area contributed by atoms with Gasteiger partial charge in [0.2, 0.25) is 0 Å². The molecule has 0 aromatic carbocycles. The van der Waals surface area contributed by atoms with Gasteiger partial charge in [-0.25, -0.2) is 0 Å². The summed E-state index contributed by atoms with van der Waals surface area (Å²) in [5.74, 6) is 1.33. The van der Waals surface area contributed by atoms with E-state index in [0.717, 1.165) is 57.7 Å². The van der Waals surface area contributed by atoms with Crippen LogP contribution in [0.15, 0.2) is 4.99 Å². The lowest BCUT2D eigenvalue weighted by Gasteiger charge is -2.31. The molecule has 1 saturated heterocycles. The Morgan fingerprint density at radius 2 is 1.95 bits per heavy atom. The molecule has 0 bridgehead atoms. The molecule has 1 heterocycles. The SMILES string of the molecule is COC(=O)CCCCCCCN=C(N)N1CCCC(C)C1.I. The topological polar surface area (TPSA) is 67.9 Å². The number of guanidine groups is 1. The van der Waals surface area contributed by atoms with E-state index in [9.17, 15) is 4.79 Å². The molecular weight excluding hydrogens is 393 g/mol. The summed E-state index contributed by atoms with van der Waals surface area (Å²) in [6.45, 7) is 5.18. The van der Waals surface area contributed by atoms with Crippen molar-refractivity contribution in [3.8, 4) is 0 Å². The number of hydrogen-bond donors (Lipinski definition) is 1. The van der Waals surface area contributed by atoms with E-state index in [1.54, 1.807) is 0 Å². The molecule has 22 heavy (non-hydrogen) atoms. The van der Waals surface area contributed by atoms with Gasteiger partial charge in [-0.2, -0.15) is 0 Å². The number of unbranched alkanes of at least 4 members (excludes halogenated alkanes) is 4. The standard InChI is InChI=1S/C16H31N3O2.HI/c1-14-9-8-12-19(13-14)16(17)18-11-7-5-3-4-6-10-15(20)21-2;/h14H,3-13H2,1-2H3,(H2,17,18);1H. The van der Waals surface area contributed by atoms with E-state index in [2.05, 4.69) is 21.6 Å². The van der Waals surface area contributed by atoms with Crippen molar-refractivity contribution in [3.05, 3.63) is 0 Å². The Morgan fingerprint density at radius 3 is 2.64 bits per heavy atom. The zero-order valence-electron chi connectivity index (χ0n) is 14.1. The molecule has 0 spiro atoms. The molecule has 1 atom stereocenters. The minimum atomic E-state index is -0.108. The van der Waals surface area contributed by atoms with E-state index in [0.29, 0.717) is 12.4 Å². The fourth-order valence-electron chi connectivity index (χ4n) is 2.70. The van der Waals surface area contributed by atoms with E-state index in [-0.39, 0.29) is 29.9 Å². The number of carbonyl (C=O) groups is 1. The van der Waals surface area contributed by atoms with Crippen LogP contribution in [0.4, 0.5) is 0 Å². The molecule has 0 aromatic rings. The van der Waals surface area contributed by atoms with Gasteiger partial charge in [-0.3, -0.25) is 9.79 Å². The lowest BCUT2D eigenvalue weighted by atomic mass is 10.0. The Kier molecular flexibility index (Phi) is 12.6. The molecule has 0 radical (unpaired) electrons. The van der Waals surface area contributed by atoms with Crippen LogP contribution in [0.3, 0.4) is 0 Å². The average molecular weight is 425 g/mol. The number of aliphatic imine (C=N–C) groups is 1. The molecule has 5 nitrogen and oxygen atoms in total. The average Bonchev–Trinajstić information content (AvgIpc) is 2.49. The van der Waals surface area contributed by atoms with E-state index < -0.39 is 0 Å². The van der Waals surface area contributed by atoms with E-state index in [1.165, 1.54) is 20.0 Å². The summed E-state index contributed by atoms with van der Waals surface area (Å²) in [6, 6.07) is 0. The molecular formula is C16H32IN3O2. The molecule has 6 heteroatoms. The largest absolute Gasteiger partial charge is 0.469 e. The van der Waals surface area contributed by atoms with Crippen molar-refractivity contribution < 1.29 is 9.53 Å².